The van der Waals surface area contributed by atoms with Gasteiger partial charge in [-0.05, 0) is 36.6 Å². The minimum atomic E-state index is -1.21. The minimum Gasteiger partial charge on any atom is -0.480 e. The number of carbonyl (C=O) groups excluding carboxylic acids is 5. The minimum absolute atomic E-state index is 0.0276. The molecule has 1 saturated heterocycles. The van der Waals surface area contributed by atoms with E-state index in [1.807, 2.05) is 0 Å². The summed E-state index contributed by atoms with van der Waals surface area (Å²) in [5.74, 6) is -4.39. The lowest BCUT2D eigenvalue weighted by atomic mass is 9.95. The maximum Gasteiger partial charge on any atom is 0.322 e. The molecule has 0 saturated carbocycles. The predicted octanol–water partition coefficient (Wildman–Crippen LogP) is 0.653. The highest BCUT2D eigenvalue weighted by atomic mass is 19.1. The summed E-state index contributed by atoms with van der Waals surface area (Å²) >= 11 is 0. The van der Waals surface area contributed by atoms with Crippen LogP contribution < -0.4 is 16.4 Å². The predicted molar refractivity (Wildman–Crippen MR) is 160 cm³/mol. The number of hydrogen-bond acceptors (Lipinski definition) is 8. The summed E-state index contributed by atoms with van der Waals surface area (Å²) in [6, 6.07) is 7.92. The van der Waals surface area contributed by atoms with Crippen LogP contribution in [0.1, 0.15) is 30.5 Å². The SMILES string of the molecule is NC(=O)CCC(=O)N1CCC(C(=O)n2ncc3cc(F)c(-c4cccc5c4cnn5CC(=O)NCC(=O)NCC(=O)O)cc32)CC1. The Balaban J connectivity index is 1.32. The summed E-state index contributed by atoms with van der Waals surface area (Å²) in [6.45, 7) is -0.523. The van der Waals surface area contributed by atoms with E-state index in [2.05, 4.69) is 20.8 Å². The lowest BCUT2D eigenvalue weighted by molar-refractivity contribution is -0.137. The summed E-state index contributed by atoms with van der Waals surface area (Å²) < 4.78 is 18.1. The monoisotopic (exact) mass is 634 g/mol. The lowest BCUT2D eigenvalue weighted by Gasteiger charge is -2.31. The molecule has 1 aliphatic heterocycles. The molecular weight excluding hydrogens is 603 g/mol. The van der Waals surface area contributed by atoms with E-state index < -0.39 is 48.5 Å². The number of carboxylic acid groups (broad SMARTS) is 1. The van der Waals surface area contributed by atoms with Gasteiger partial charge < -0.3 is 26.4 Å². The summed E-state index contributed by atoms with van der Waals surface area (Å²) in [6.07, 6.45) is 3.73. The number of amides is 4. The topological polar surface area (TPSA) is 212 Å². The number of aliphatic carboxylic acids is 1. The molecule has 2 aromatic heterocycles. The van der Waals surface area contributed by atoms with Crippen molar-refractivity contribution in [1.82, 2.24) is 35.1 Å². The second-order valence-corrected chi connectivity index (χ2v) is 10.9. The Kier molecular flexibility index (Phi) is 9.34. The molecule has 0 bridgehead atoms. The van der Waals surface area contributed by atoms with Crippen LogP contribution >= 0.6 is 0 Å². The van der Waals surface area contributed by atoms with Crippen LogP contribution in [0.2, 0.25) is 0 Å². The fourth-order valence-corrected chi connectivity index (χ4v) is 5.44. The van der Waals surface area contributed by atoms with Gasteiger partial charge in [-0.3, -0.25) is 33.4 Å². The van der Waals surface area contributed by atoms with Crippen molar-refractivity contribution in [2.45, 2.75) is 32.2 Å². The number of hydrogen-bond donors (Lipinski definition) is 4. The third-order valence-electron chi connectivity index (χ3n) is 7.80. The molecule has 0 spiro atoms. The molecule has 5 N–H and O–H groups in total. The number of benzene rings is 2. The van der Waals surface area contributed by atoms with E-state index in [0.717, 1.165) is 0 Å². The number of fused-ring (bicyclic) bond motifs is 2. The van der Waals surface area contributed by atoms with Crippen LogP contribution in [0.25, 0.3) is 32.9 Å². The molecule has 0 atom stereocenters. The Bertz CT molecular complexity index is 1860. The molecule has 3 heterocycles. The molecule has 0 unspecified atom stereocenters. The zero-order valence-electron chi connectivity index (χ0n) is 24.6. The molecule has 1 fully saturated rings. The number of halogens is 1. The Morgan fingerprint density at radius 3 is 2.37 bits per heavy atom. The first-order valence-electron chi connectivity index (χ1n) is 14.5. The maximum atomic E-state index is 15.5. The number of aromatic nitrogens is 4. The smallest absolute Gasteiger partial charge is 0.322 e. The normalized spacial score (nSPS) is 13.5. The zero-order valence-corrected chi connectivity index (χ0v) is 24.6. The van der Waals surface area contributed by atoms with Gasteiger partial charge in [-0.1, -0.05) is 12.1 Å². The van der Waals surface area contributed by atoms with E-state index in [4.69, 9.17) is 10.8 Å². The van der Waals surface area contributed by atoms with Crippen molar-refractivity contribution in [2.24, 2.45) is 11.7 Å². The standard InChI is InChI=1S/C30H31FN8O7/c31-22-10-18-12-36-39(30(46)17-6-8-37(9-7-17)28(43)5-4-25(32)40)24(18)11-20(22)19-2-1-3-23-21(19)13-35-38(23)16-27(42)33-14-26(41)34-15-29(44)45/h1-3,10-13,17H,4-9,14-16H2,(H2,32,40)(H,33,42)(H,34,41)(H,44,45). The molecule has 2 aromatic carbocycles. The number of carboxylic acids is 1. The molecular formula is C30H31FN8O7. The van der Waals surface area contributed by atoms with Gasteiger partial charge in [0.1, 0.15) is 18.9 Å². The van der Waals surface area contributed by atoms with Crippen molar-refractivity contribution < 1.29 is 38.3 Å². The number of carbonyl (C=O) groups is 6. The fourth-order valence-electron chi connectivity index (χ4n) is 5.44. The van der Waals surface area contributed by atoms with Gasteiger partial charge in [-0.15, -0.1) is 0 Å². The second kappa shape index (κ2) is 13.5. The maximum absolute atomic E-state index is 15.5. The van der Waals surface area contributed by atoms with Crippen molar-refractivity contribution in [3.05, 3.63) is 48.5 Å². The first kappa shape index (κ1) is 31.7. The largest absolute Gasteiger partial charge is 0.480 e. The molecule has 0 aliphatic carbocycles. The second-order valence-electron chi connectivity index (χ2n) is 10.9. The quantitative estimate of drug-likeness (QED) is 0.182. The highest BCUT2D eigenvalue weighted by molar-refractivity contribution is 5.99. The van der Waals surface area contributed by atoms with Crippen molar-refractivity contribution >= 4 is 57.3 Å². The van der Waals surface area contributed by atoms with Gasteiger partial charge in [0, 0.05) is 48.2 Å². The number of nitrogens with two attached hydrogens (primary N) is 1. The summed E-state index contributed by atoms with van der Waals surface area (Å²) in [5, 5.41) is 22.7. The molecule has 5 rings (SSSR count). The van der Waals surface area contributed by atoms with Crippen molar-refractivity contribution in [1.29, 1.82) is 0 Å². The van der Waals surface area contributed by atoms with Crippen LogP contribution in [0.3, 0.4) is 0 Å². The third kappa shape index (κ3) is 7.00. The molecule has 0 radical (unpaired) electrons. The van der Waals surface area contributed by atoms with E-state index in [1.54, 1.807) is 29.2 Å². The van der Waals surface area contributed by atoms with Gasteiger partial charge in [0.15, 0.2) is 0 Å². The molecule has 240 valence electrons. The number of likely N-dealkylation sites (tertiary alicyclic amines) is 1. The molecule has 15 nitrogen and oxygen atoms in total. The van der Waals surface area contributed by atoms with Crippen molar-refractivity contribution in [2.75, 3.05) is 26.2 Å². The average molecular weight is 635 g/mol. The molecule has 16 heteroatoms. The molecule has 4 amide bonds. The zero-order chi connectivity index (χ0) is 33.0. The fraction of sp³-hybridized carbons (Fsp3) is 0.333. The van der Waals surface area contributed by atoms with Crippen LogP contribution in [0.5, 0.6) is 0 Å². The van der Waals surface area contributed by atoms with E-state index in [1.165, 1.54) is 27.8 Å². The third-order valence-corrected chi connectivity index (χ3v) is 7.80. The average Bonchev–Trinajstić information content (AvgIpc) is 3.64. The highest BCUT2D eigenvalue weighted by Gasteiger charge is 2.29. The first-order chi connectivity index (χ1) is 22.0. The van der Waals surface area contributed by atoms with E-state index >= 15 is 4.39 Å². The Hall–Kier alpha value is -5.67. The molecule has 1 aliphatic rings. The Labute approximate surface area is 260 Å². The number of piperidine rings is 1. The van der Waals surface area contributed by atoms with E-state index in [-0.39, 0.29) is 36.8 Å². The molecule has 4 aromatic rings. The highest BCUT2D eigenvalue weighted by Crippen LogP contribution is 2.33. The summed E-state index contributed by atoms with van der Waals surface area (Å²) in [4.78, 5) is 73.2. The van der Waals surface area contributed by atoms with Crippen LogP contribution in [0, 0.1) is 11.7 Å². The first-order valence-corrected chi connectivity index (χ1v) is 14.5. The van der Waals surface area contributed by atoms with Gasteiger partial charge in [-0.2, -0.15) is 14.9 Å². The Morgan fingerprint density at radius 1 is 0.913 bits per heavy atom. The van der Waals surface area contributed by atoms with Gasteiger partial charge >= 0.3 is 5.97 Å². The van der Waals surface area contributed by atoms with Gasteiger partial charge in [0.2, 0.25) is 23.6 Å². The van der Waals surface area contributed by atoms with E-state index in [0.29, 0.717) is 53.3 Å². The van der Waals surface area contributed by atoms with Crippen LogP contribution in [-0.4, -0.2) is 91.3 Å². The van der Waals surface area contributed by atoms with Crippen molar-refractivity contribution in [3.63, 3.8) is 0 Å². The van der Waals surface area contributed by atoms with Gasteiger partial charge in [0.25, 0.3) is 5.91 Å². The Morgan fingerprint density at radius 2 is 1.65 bits per heavy atom. The van der Waals surface area contributed by atoms with Crippen LogP contribution in [-0.2, 0) is 30.5 Å². The number of nitrogens with zero attached hydrogens (tertiary/aromatic N) is 5. The number of rotatable bonds is 11. The van der Waals surface area contributed by atoms with E-state index in [9.17, 15) is 28.8 Å². The number of primary amides is 1. The van der Waals surface area contributed by atoms with Gasteiger partial charge in [-0.25, -0.2) is 4.39 Å². The van der Waals surface area contributed by atoms with Gasteiger partial charge in [0.05, 0.1) is 30.0 Å². The number of nitrogens with one attached hydrogen (secondary N) is 2. The lowest BCUT2D eigenvalue weighted by Crippen LogP contribution is -2.41. The van der Waals surface area contributed by atoms with Crippen LogP contribution in [0.15, 0.2) is 42.7 Å². The molecule has 46 heavy (non-hydrogen) atoms. The van der Waals surface area contributed by atoms with Crippen molar-refractivity contribution in [3.8, 4) is 11.1 Å². The van der Waals surface area contributed by atoms with Crippen LogP contribution in [0.4, 0.5) is 4.39 Å². The summed E-state index contributed by atoms with van der Waals surface area (Å²) in [7, 11) is 0. The summed E-state index contributed by atoms with van der Waals surface area (Å²) in [5.41, 5.74) is 6.73.